The third-order valence-electron chi connectivity index (χ3n) is 6.11. The molecular weight excluding hydrogens is 232 g/mol. The van der Waals surface area contributed by atoms with Crippen LogP contribution in [0.3, 0.4) is 0 Å². The van der Waals surface area contributed by atoms with Gasteiger partial charge in [0.2, 0.25) is 0 Å². The highest BCUT2D eigenvalue weighted by Crippen LogP contribution is 2.40. The molecule has 19 heavy (non-hydrogen) atoms. The maximum absolute atomic E-state index is 3.62. The lowest BCUT2D eigenvalue weighted by molar-refractivity contribution is 0.0353. The quantitative estimate of drug-likeness (QED) is 0.782. The first-order chi connectivity index (χ1) is 9.05. The van der Waals surface area contributed by atoms with Crippen LogP contribution in [0.15, 0.2) is 0 Å². The Morgan fingerprint density at radius 2 is 1.68 bits per heavy atom. The minimum Gasteiger partial charge on any atom is -0.315 e. The van der Waals surface area contributed by atoms with E-state index in [0.717, 1.165) is 23.9 Å². The Balaban J connectivity index is 1.59. The van der Waals surface area contributed by atoms with Crippen LogP contribution in [-0.4, -0.2) is 36.6 Å². The van der Waals surface area contributed by atoms with Crippen molar-refractivity contribution in [1.82, 2.24) is 10.2 Å². The summed E-state index contributed by atoms with van der Waals surface area (Å²) < 4.78 is 0. The van der Waals surface area contributed by atoms with Gasteiger partial charge in [0.25, 0.3) is 0 Å². The van der Waals surface area contributed by atoms with Crippen molar-refractivity contribution in [1.29, 1.82) is 0 Å². The van der Waals surface area contributed by atoms with Crippen LogP contribution in [-0.2, 0) is 0 Å². The molecule has 2 saturated heterocycles. The van der Waals surface area contributed by atoms with E-state index in [0.29, 0.717) is 5.41 Å². The molecule has 2 aliphatic heterocycles. The van der Waals surface area contributed by atoms with Gasteiger partial charge in [0.05, 0.1) is 0 Å². The van der Waals surface area contributed by atoms with Crippen molar-refractivity contribution in [2.45, 2.75) is 71.4 Å². The number of nitrogens with zero attached hydrogens (tertiary/aromatic N) is 1. The second-order valence-electron chi connectivity index (χ2n) is 8.24. The Labute approximate surface area is 119 Å². The lowest BCUT2D eigenvalue weighted by Gasteiger charge is -2.46. The summed E-state index contributed by atoms with van der Waals surface area (Å²) in [6.45, 7) is 11.2. The fourth-order valence-electron chi connectivity index (χ4n) is 4.83. The summed E-state index contributed by atoms with van der Waals surface area (Å²) in [5, 5.41) is 3.62. The van der Waals surface area contributed by atoms with Gasteiger partial charge in [-0.25, -0.2) is 0 Å². The molecule has 3 fully saturated rings. The van der Waals surface area contributed by atoms with Crippen LogP contribution in [0.4, 0.5) is 0 Å². The van der Waals surface area contributed by atoms with Gasteiger partial charge in [0, 0.05) is 18.6 Å². The van der Waals surface area contributed by atoms with E-state index in [1.807, 2.05) is 0 Å². The van der Waals surface area contributed by atoms with Gasteiger partial charge in [-0.2, -0.15) is 0 Å². The van der Waals surface area contributed by atoms with Gasteiger partial charge in [-0.15, -0.1) is 0 Å². The summed E-state index contributed by atoms with van der Waals surface area (Å²) in [4.78, 5) is 2.90. The van der Waals surface area contributed by atoms with E-state index in [1.54, 1.807) is 0 Å². The summed E-state index contributed by atoms with van der Waals surface area (Å²) in [7, 11) is 0. The third kappa shape index (κ3) is 2.85. The van der Waals surface area contributed by atoms with E-state index >= 15 is 0 Å². The van der Waals surface area contributed by atoms with Crippen LogP contribution < -0.4 is 5.32 Å². The van der Waals surface area contributed by atoms with Gasteiger partial charge in [0.15, 0.2) is 0 Å². The maximum atomic E-state index is 3.62. The molecule has 0 aromatic carbocycles. The van der Waals surface area contributed by atoms with Crippen LogP contribution in [0.25, 0.3) is 0 Å². The predicted molar refractivity (Wildman–Crippen MR) is 81.3 cm³/mol. The molecule has 0 aromatic heterocycles. The standard InChI is InChI=1S/C17H32N2/c1-17(2,3)14-6-8-15(9-7-14)19-10-4-5-13-11-18-12-16(13)19/h13-16,18H,4-12H2,1-3H3. The topological polar surface area (TPSA) is 15.3 Å². The third-order valence-corrected chi connectivity index (χ3v) is 6.11. The molecule has 2 atom stereocenters. The highest BCUT2D eigenvalue weighted by atomic mass is 15.2. The summed E-state index contributed by atoms with van der Waals surface area (Å²) in [6, 6.07) is 1.76. The SMILES string of the molecule is CC(C)(C)C1CCC(N2CCCC3CNCC32)CC1. The Hall–Kier alpha value is -0.0800. The molecule has 2 nitrogen and oxygen atoms in total. The number of fused-ring (bicyclic) bond motifs is 1. The fourth-order valence-corrected chi connectivity index (χ4v) is 4.83. The van der Waals surface area contributed by atoms with Crippen molar-refractivity contribution >= 4 is 0 Å². The Bertz CT molecular complexity index is 299. The number of rotatable bonds is 1. The molecule has 2 heteroatoms. The molecule has 0 radical (unpaired) electrons. The van der Waals surface area contributed by atoms with Crippen molar-refractivity contribution in [3.05, 3.63) is 0 Å². The average Bonchev–Trinajstić information content (AvgIpc) is 2.86. The minimum atomic E-state index is 0.518. The normalized spacial score (nSPS) is 41.2. The lowest BCUT2D eigenvalue weighted by atomic mass is 9.70. The molecule has 0 bridgehead atoms. The fraction of sp³-hybridized carbons (Fsp3) is 1.00. The molecule has 3 rings (SSSR count). The second kappa shape index (κ2) is 5.37. The number of likely N-dealkylation sites (tertiary alicyclic amines) is 1. The van der Waals surface area contributed by atoms with Gasteiger partial charge in [-0.1, -0.05) is 20.8 Å². The molecule has 1 N–H and O–H groups in total. The number of hydrogen-bond donors (Lipinski definition) is 1. The van der Waals surface area contributed by atoms with Crippen LogP contribution >= 0.6 is 0 Å². The molecule has 2 unspecified atom stereocenters. The number of hydrogen-bond acceptors (Lipinski definition) is 2. The zero-order chi connectivity index (χ0) is 13.5. The van der Waals surface area contributed by atoms with Crippen LogP contribution in [0, 0.1) is 17.3 Å². The van der Waals surface area contributed by atoms with E-state index in [1.165, 1.54) is 58.2 Å². The molecule has 1 saturated carbocycles. The Kier molecular flexibility index (Phi) is 3.92. The molecule has 2 heterocycles. The largest absolute Gasteiger partial charge is 0.315 e. The summed E-state index contributed by atoms with van der Waals surface area (Å²) in [5.41, 5.74) is 0.518. The van der Waals surface area contributed by atoms with Crippen molar-refractivity contribution in [3.63, 3.8) is 0 Å². The van der Waals surface area contributed by atoms with Gasteiger partial charge < -0.3 is 5.32 Å². The van der Waals surface area contributed by atoms with Crippen LogP contribution in [0.2, 0.25) is 0 Å². The van der Waals surface area contributed by atoms with E-state index in [-0.39, 0.29) is 0 Å². The first kappa shape index (κ1) is 13.9. The lowest BCUT2D eigenvalue weighted by Crippen LogP contribution is -2.51. The van der Waals surface area contributed by atoms with Gasteiger partial charge in [-0.05, 0) is 68.9 Å². The molecule has 3 aliphatic rings. The molecule has 0 aromatic rings. The average molecular weight is 264 g/mol. The summed E-state index contributed by atoms with van der Waals surface area (Å²) in [5.74, 6) is 1.90. The maximum Gasteiger partial charge on any atom is 0.0263 e. The summed E-state index contributed by atoms with van der Waals surface area (Å²) >= 11 is 0. The predicted octanol–water partition coefficient (Wildman–Crippen LogP) is 3.28. The molecule has 1 aliphatic carbocycles. The van der Waals surface area contributed by atoms with Crippen molar-refractivity contribution in [2.24, 2.45) is 17.3 Å². The van der Waals surface area contributed by atoms with Gasteiger partial charge in [-0.3, -0.25) is 4.90 Å². The minimum absolute atomic E-state index is 0.518. The molecule has 110 valence electrons. The number of nitrogens with one attached hydrogen (secondary N) is 1. The monoisotopic (exact) mass is 264 g/mol. The van der Waals surface area contributed by atoms with Gasteiger partial charge >= 0.3 is 0 Å². The zero-order valence-electron chi connectivity index (χ0n) is 13.1. The Morgan fingerprint density at radius 3 is 2.37 bits per heavy atom. The van der Waals surface area contributed by atoms with Crippen molar-refractivity contribution in [3.8, 4) is 0 Å². The van der Waals surface area contributed by atoms with E-state index < -0.39 is 0 Å². The highest BCUT2D eigenvalue weighted by Gasteiger charge is 2.40. The first-order valence-electron chi connectivity index (χ1n) is 8.52. The zero-order valence-corrected chi connectivity index (χ0v) is 13.1. The van der Waals surface area contributed by atoms with Crippen molar-refractivity contribution in [2.75, 3.05) is 19.6 Å². The first-order valence-corrected chi connectivity index (χ1v) is 8.52. The van der Waals surface area contributed by atoms with Crippen LogP contribution in [0.5, 0.6) is 0 Å². The van der Waals surface area contributed by atoms with Crippen molar-refractivity contribution < 1.29 is 0 Å². The Morgan fingerprint density at radius 1 is 0.947 bits per heavy atom. The smallest absolute Gasteiger partial charge is 0.0263 e. The van der Waals surface area contributed by atoms with E-state index in [4.69, 9.17) is 0 Å². The second-order valence-corrected chi connectivity index (χ2v) is 8.24. The van der Waals surface area contributed by atoms with Crippen LogP contribution in [0.1, 0.15) is 59.3 Å². The molecular formula is C17H32N2. The highest BCUT2D eigenvalue weighted by molar-refractivity contribution is 4.96. The van der Waals surface area contributed by atoms with E-state index in [2.05, 4.69) is 31.0 Å². The molecule has 0 spiro atoms. The summed E-state index contributed by atoms with van der Waals surface area (Å²) in [6.07, 6.45) is 8.70. The molecule has 0 amide bonds. The number of piperidine rings is 1. The van der Waals surface area contributed by atoms with Gasteiger partial charge in [0.1, 0.15) is 0 Å². The van der Waals surface area contributed by atoms with E-state index in [9.17, 15) is 0 Å².